The molecule has 2 N–H and O–H groups in total. The van der Waals surface area contributed by atoms with Gasteiger partial charge in [0.1, 0.15) is 0 Å². The van der Waals surface area contributed by atoms with E-state index in [1.165, 1.54) is 5.56 Å². The van der Waals surface area contributed by atoms with Crippen molar-refractivity contribution in [2.75, 3.05) is 6.54 Å². The van der Waals surface area contributed by atoms with Crippen LogP contribution in [0.25, 0.3) is 0 Å². The molecule has 104 valence electrons. The second-order valence-electron chi connectivity index (χ2n) is 5.32. The number of carbonyl (C=O) groups is 1. The number of nitrogens with one attached hydrogen (secondary N) is 1. The first-order valence-electron chi connectivity index (χ1n) is 6.66. The Morgan fingerprint density at radius 1 is 1.32 bits per heavy atom. The molecule has 0 radical (unpaired) electrons. The zero-order valence-corrected chi connectivity index (χ0v) is 11.9. The van der Waals surface area contributed by atoms with E-state index >= 15 is 0 Å². The number of hydrogen-bond acceptors (Lipinski definition) is 2. The number of carboxylic acid groups (broad SMARTS) is 1. The second kappa shape index (κ2) is 7.10. The van der Waals surface area contributed by atoms with E-state index in [0.29, 0.717) is 18.5 Å². The van der Waals surface area contributed by atoms with E-state index in [2.05, 4.69) is 31.3 Å². The summed E-state index contributed by atoms with van der Waals surface area (Å²) < 4.78 is 0. The SMILES string of the molecule is CC/C(=C/CNC(C)(C)Cc1ccccc1)C(=O)O. The lowest BCUT2D eigenvalue weighted by atomic mass is 9.95. The third kappa shape index (κ3) is 5.71. The molecule has 3 nitrogen and oxygen atoms in total. The molecule has 0 spiro atoms. The summed E-state index contributed by atoms with van der Waals surface area (Å²) in [6.45, 7) is 6.69. The van der Waals surface area contributed by atoms with Gasteiger partial charge >= 0.3 is 5.97 Å². The van der Waals surface area contributed by atoms with E-state index in [9.17, 15) is 4.79 Å². The number of aliphatic carboxylic acids is 1. The van der Waals surface area contributed by atoms with Crippen LogP contribution in [0.1, 0.15) is 32.8 Å². The molecule has 0 aliphatic rings. The molecule has 0 aromatic heterocycles. The fourth-order valence-electron chi connectivity index (χ4n) is 2.00. The molecule has 19 heavy (non-hydrogen) atoms. The summed E-state index contributed by atoms with van der Waals surface area (Å²) in [6.07, 6.45) is 3.22. The Kier molecular flexibility index (Phi) is 5.77. The van der Waals surface area contributed by atoms with Crippen LogP contribution in [0.15, 0.2) is 42.0 Å². The van der Waals surface area contributed by atoms with Gasteiger partial charge in [0, 0.05) is 17.7 Å². The van der Waals surface area contributed by atoms with Gasteiger partial charge in [0.05, 0.1) is 0 Å². The molecule has 0 atom stereocenters. The lowest BCUT2D eigenvalue weighted by molar-refractivity contribution is -0.132. The molecular formula is C16H23NO2. The van der Waals surface area contributed by atoms with Crippen molar-refractivity contribution in [3.05, 3.63) is 47.5 Å². The molecule has 1 aromatic rings. The van der Waals surface area contributed by atoms with Crippen LogP contribution in [0.2, 0.25) is 0 Å². The molecule has 0 aliphatic heterocycles. The Balaban J connectivity index is 2.53. The van der Waals surface area contributed by atoms with Crippen molar-refractivity contribution in [2.24, 2.45) is 0 Å². The number of benzene rings is 1. The van der Waals surface area contributed by atoms with E-state index in [4.69, 9.17) is 5.11 Å². The van der Waals surface area contributed by atoms with E-state index in [-0.39, 0.29) is 5.54 Å². The zero-order valence-electron chi connectivity index (χ0n) is 11.9. The van der Waals surface area contributed by atoms with Gasteiger partial charge in [-0.15, -0.1) is 0 Å². The summed E-state index contributed by atoms with van der Waals surface area (Å²) in [4.78, 5) is 10.9. The van der Waals surface area contributed by atoms with Gasteiger partial charge in [-0.25, -0.2) is 4.79 Å². The minimum absolute atomic E-state index is 0.0603. The topological polar surface area (TPSA) is 49.3 Å². The minimum atomic E-state index is -0.829. The van der Waals surface area contributed by atoms with Gasteiger partial charge < -0.3 is 10.4 Å². The highest BCUT2D eigenvalue weighted by molar-refractivity contribution is 5.86. The fraction of sp³-hybridized carbons (Fsp3) is 0.438. The van der Waals surface area contributed by atoms with Crippen LogP contribution in [-0.4, -0.2) is 23.2 Å². The molecule has 0 aliphatic carbocycles. The molecule has 0 saturated heterocycles. The first-order chi connectivity index (χ1) is 8.94. The zero-order chi connectivity index (χ0) is 14.3. The first kappa shape index (κ1) is 15.4. The van der Waals surface area contributed by atoms with Crippen LogP contribution >= 0.6 is 0 Å². The summed E-state index contributed by atoms with van der Waals surface area (Å²) in [5.41, 5.74) is 1.68. The van der Waals surface area contributed by atoms with Gasteiger partial charge in [0.25, 0.3) is 0 Å². The Hall–Kier alpha value is -1.61. The maximum Gasteiger partial charge on any atom is 0.331 e. The molecule has 3 heteroatoms. The van der Waals surface area contributed by atoms with Crippen molar-refractivity contribution >= 4 is 5.97 Å². The average molecular weight is 261 g/mol. The molecule has 0 unspecified atom stereocenters. The van der Waals surface area contributed by atoms with Crippen LogP contribution < -0.4 is 5.32 Å². The van der Waals surface area contributed by atoms with Gasteiger partial charge in [-0.05, 0) is 32.3 Å². The van der Waals surface area contributed by atoms with E-state index in [1.54, 1.807) is 6.08 Å². The van der Waals surface area contributed by atoms with Crippen LogP contribution in [0, 0.1) is 0 Å². The largest absolute Gasteiger partial charge is 0.478 e. The maximum atomic E-state index is 10.9. The van der Waals surface area contributed by atoms with Crippen LogP contribution in [0.4, 0.5) is 0 Å². The van der Waals surface area contributed by atoms with Gasteiger partial charge in [-0.1, -0.05) is 43.3 Å². The molecule has 0 amide bonds. The van der Waals surface area contributed by atoms with Crippen molar-refractivity contribution in [2.45, 2.75) is 39.2 Å². The quantitative estimate of drug-likeness (QED) is 0.742. The monoisotopic (exact) mass is 261 g/mol. The average Bonchev–Trinajstić information content (AvgIpc) is 2.35. The highest BCUT2D eigenvalue weighted by atomic mass is 16.4. The predicted octanol–water partition coefficient (Wildman–Crippen LogP) is 3.02. The minimum Gasteiger partial charge on any atom is -0.478 e. The standard InChI is InChI=1S/C16H23NO2/c1-4-14(15(18)19)10-11-17-16(2,3)12-13-8-6-5-7-9-13/h5-10,17H,4,11-12H2,1-3H3,(H,18,19)/b14-10-. The lowest BCUT2D eigenvalue weighted by Crippen LogP contribution is -2.41. The smallest absolute Gasteiger partial charge is 0.331 e. The predicted molar refractivity (Wildman–Crippen MR) is 78.2 cm³/mol. The Morgan fingerprint density at radius 3 is 2.47 bits per heavy atom. The van der Waals surface area contributed by atoms with Gasteiger partial charge in [-0.3, -0.25) is 0 Å². The number of rotatable bonds is 7. The molecule has 1 rings (SSSR count). The third-order valence-corrected chi connectivity index (χ3v) is 3.07. The highest BCUT2D eigenvalue weighted by Crippen LogP contribution is 2.12. The van der Waals surface area contributed by atoms with Crippen molar-refractivity contribution in [1.82, 2.24) is 5.32 Å². The summed E-state index contributed by atoms with van der Waals surface area (Å²) >= 11 is 0. The Morgan fingerprint density at radius 2 is 1.95 bits per heavy atom. The molecule has 0 fully saturated rings. The van der Waals surface area contributed by atoms with E-state index in [0.717, 1.165) is 6.42 Å². The van der Waals surface area contributed by atoms with E-state index in [1.807, 2.05) is 25.1 Å². The second-order valence-corrected chi connectivity index (χ2v) is 5.32. The highest BCUT2D eigenvalue weighted by Gasteiger charge is 2.16. The summed E-state index contributed by atoms with van der Waals surface area (Å²) in [5, 5.41) is 12.3. The van der Waals surface area contributed by atoms with Crippen LogP contribution in [-0.2, 0) is 11.2 Å². The Bertz CT molecular complexity index is 435. The molecule has 0 heterocycles. The number of hydrogen-bond donors (Lipinski definition) is 2. The van der Waals surface area contributed by atoms with E-state index < -0.39 is 5.97 Å². The maximum absolute atomic E-state index is 10.9. The van der Waals surface area contributed by atoms with Gasteiger partial charge in [0.15, 0.2) is 0 Å². The van der Waals surface area contributed by atoms with Gasteiger partial charge in [0.2, 0.25) is 0 Å². The molecular weight excluding hydrogens is 238 g/mol. The van der Waals surface area contributed by atoms with Crippen molar-refractivity contribution < 1.29 is 9.90 Å². The molecule has 0 bridgehead atoms. The normalized spacial score (nSPS) is 12.5. The number of carboxylic acids is 1. The summed E-state index contributed by atoms with van der Waals surface area (Å²) in [5.74, 6) is -0.829. The van der Waals surface area contributed by atoms with Crippen molar-refractivity contribution in [1.29, 1.82) is 0 Å². The first-order valence-corrected chi connectivity index (χ1v) is 6.66. The Labute approximate surface area is 115 Å². The summed E-state index contributed by atoms with van der Waals surface area (Å²) in [7, 11) is 0. The van der Waals surface area contributed by atoms with Crippen molar-refractivity contribution in [3.63, 3.8) is 0 Å². The lowest BCUT2D eigenvalue weighted by Gasteiger charge is -2.26. The molecule has 0 saturated carbocycles. The van der Waals surface area contributed by atoms with Crippen molar-refractivity contribution in [3.8, 4) is 0 Å². The van der Waals surface area contributed by atoms with Gasteiger partial charge in [-0.2, -0.15) is 0 Å². The fourth-order valence-corrected chi connectivity index (χ4v) is 2.00. The molecule has 1 aromatic carbocycles. The van der Waals surface area contributed by atoms with Crippen LogP contribution in [0.3, 0.4) is 0 Å². The van der Waals surface area contributed by atoms with Crippen LogP contribution in [0.5, 0.6) is 0 Å². The summed E-state index contributed by atoms with van der Waals surface area (Å²) in [6, 6.07) is 10.3. The third-order valence-electron chi connectivity index (χ3n) is 3.07.